The quantitative estimate of drug-likeness (QED) is 0.627. The third-order valence-corrected chi connectivity index (χ3v) is 4.71. The molecule has 3 aromatic rings. The lowest BCUT2D eigenvalue weighted by atomic mass is 9.97. The molecule has 2 aromatic heterocycles. The van der Waals surface area contributed by atoms with E-state index in [0.717, 1.165) is 35.7 Å². The highest BCUT2D eigenvalue weighted by atomic mass is 16.2. The highest BCUT2D eigenvalue weighted by Crippen LogP contribution is 2.30. The lowest BCUT2D eigenvalue weighted by Gasteiger charge is -2.34. The number of hydrogen-bond acceptors (Lipinski definition) is 3. The van der Waals surface area contributed by atoms with Gasteiger partial charge in [0, 0.05) is 35.4 Å². The zero-order valence-corrected chi connectivity index (χ0v) is 13.7. The zero-order chi connectivity index (χ0) is 17.2. The second-order valence-electron chi connectivity index (χ2n) is 6.24. The van der Waals surface area contributed by atoms with Gasteiger partial charge < -0.3 is 15.2 Å². The molecule has 1 aliphatic rings. The highest BCUT2D eigenvalue weighted by molar-refractivity contribution is 6.40. The van der Waals surface area contributed by atoms with Crippen molar-refractivity contribution in [2.75, 3.05) is 11.9 Å². The average Bonchev–Trinajstić information content (AvgIpc) is 3.33. The molecule has 25 heavy (non-hydrogen) atoms. The van der Waals surface area contributed by atoms with Gasteiger partial charge in [0.15, 0.2) is 0 Å². The molecule has 7 nitrogen and oxygen atoms in total. The number of rotatable bonds is 2. The van der Waals surface area contributed by atoms with E-state index in [1.165, 1.54) is 0 Å². The second kappa shape index (κ2) is 6.43. The predicted molar refractivity (Wildman–Crippen MR) is 93.8 cm³/mol. The molecule has 1 saturated heterocycles. The fourth-order valence-corrected chi connectivity index (χ4v) is 3.46. The summed E-state index contributed by atoms with van der Waals surface area (Å²) in [5.41, 5.74) is 2.49. The second-order valence-corrected chi connectivity index (χ2v) is 6.24. The van der Waals surface area contributed by atoms with Crippen molar-refractivity contribution in [1.29, 1.82) is 0 Å². The molecule has 0 spiro atoms. The Morgan fingerprint density at radius 1 is 1.24 bits per heavy atom. The van der Waals surface area contributed by atoms with Crippen molar-refractivity contribution in [3.05, 3.63) is 48.4 Å². The summed E-state index contributed by atoms with van der Waals surface area (Å²) in [6, 6.07) is 7.34. The first-order chi connectivity index (χ1) is 12.2. The van der Waals surface area contributed by atoms with E-state index in [1.54, 1.807) is 23.4 Å². The Balaban J connectivity index is 1.55. The lowest BCUT2D eigenvalue weighted by molar-refractivity contribution is -0.145. The minimum atomic E-state index is -0.607. The topological polar surface area (TPSA) is 93.9 Å². The summed E-state index contributed by atoms with van der Waals surface area (Å²) >= 11 is 0. The summed E-state index contributed by atoms with van der Waals surface area (Å²) < 4.78 is 0. The minimum absolute atomic E-state index is 0.103. The third kappa shape index (κ3) is 2.88. The molecule has 0 radical (unpaired) electrons. The number of fused-ring (bicyclic) bond motifs is 1. The molecule has 1 aromatic carbocycles. The minimum Gasteiger partial charge on any atom is -0.361 e. The van der Waals surface area contributed by atoms with Gasteiger partial charge in [-0.15, -0.1) is 0 Å². The molecular weight excluding hydrogens is 318 g/mol. The summed E-state index contributed by atoms with van der Waals surface area (Å²) in [7, 11) is 0. The average molecular weight is 337 g/mol. The Labute approximate surface area is 144 Å². The van der Waals surface area contributed by atoms with E-state index in [-0.39, 0.29) is 6.04 Å². The molecule has 7 heteroatoms. The Morgan fingerprint density at radius 2 is 2.16 bits per heavy atom. The van der Waals surface area contributed by atoms with Crippen molar-refractivity contribution < 1.29 is 9.59 Å². The van der Waals surface area contributed by atoms with Crippen LogP contribution < -0.4 is 5.32 Å². The van der Waals surface area contributed by atoms with Crippen molar-refractivity contribution in [1.82, 2.24) is 20.1 Å². The number of piperidine rings is 1. The Bertz CT molecular complexity index is 899. The molecular formula is C18H19N5O2. The van der Waals surface area contributed by atoms with Gasteiger partial charge in [0.05, 0.1) is 17.9 Å². The molecule has 0 bridgehead atoms. The maximum atomic E-state index is 12.8. The summed E-state index contributed by atoms with van der Waals surface area (Å²) in [5, 5.41) is 10.4. The number of H-pyrrole nitrogens is 2. The van der Waals surface area contributed by atoms with E-state index >= 15 is 0 Å². The van der Waals surface area contributed by atoms with Gasteiger partial charge in [-0.25, -0.2) is 0 Å². The smallest absolute Gasteiger partial charge is 0.313 e. The molecule has 0 saturated carbocycles. The fourth-order valence-electron chi connectivity index (χ4n) is 3.46. The molecule has 128 valence electrons. The van der Waals surface area contributed by atoms with Crippen molar-refractivity contribution in [3.63, 3.8) is 0 Å². The Hall–Kier alpha value is -3.09. The number of nitrogens with zero attached hydrogens (tertiary/aromatic N) is 2. The van der Waals surface area contributed by atoms with E-state index in [0.29, 0.717) is 12.2 Å². The molecule has 1 atom stereocenters. The Kier molecular flexibility index (Phi) is 3.97. The van der Waals surface area contributed by atoms with Crippen LogP contribution in [0.25, 0.3) is 10.9 Å². The van der Waals surface area contributed by atoms with Crippen LogP contribution in [0, 0.1) is 0 Å². The summed E-state index contributed by atoms with van der Waals surface area (Å²) in [6.07, 6.45) is 8.09. The van der Waals surface area contributed by atoms with E-state index in [1.807, 2.05) is 24.4 Å². The summed E-state index contributed by atoms with van der Waals surface area (Å²) in [6.45, 7) is 0.580. The van der Waals surface area contributed by atoms with Gasteiger partial charge >= 0.3 is 11.8 Å². The fraction of sp³-hybridized carbons (Fsp3) is 0.278. The molecule has 4 rings (SSSR count). The molecule has 3 heterocycles. The van der Waals surface area contributed by atoms with Crippen LogP contribution in [0.3, 0.4) is 0 Å². The maximum absolute atomic E-state index is 12.8. The van der Waals surface area contributed by atoms with Gasteiger partial charge in [-0.05, 0) is 37.5 Å². The number of likely N-dealkylation sites (tertiary alicyclic amines) is 1. The number of carbonyl (C=O) groups is 2. The largest absolute Gasteiger partial charge is 0.361 e. The van der Waals surface area contributed by atoms with Gasteiger partial charge in [0.25, 0.3) is 0 Å². The van der Waals surface area contributed by atoms with Gasteiger partial charge in [-0.2, -0.15) is 5.10 Å². The summed E-state index contributed by atoms with van der Waals surface area (Å²) in [4.78, 5) is 30.1. The van der Waals surface area contributed by atoms with E-state index in [9.17, 15) is 9.59 Å². The van der Waals surface area contributed by atoms with Crippen LogP contribution in [0.4, 0.5) is 5.69 Å². The van der Waals surface area contributed by atoms with Crippen molar-refractivity contribution >= 4 is 28.4 Å². The Morgan fingerprint density at radius 3 is 3.00 bits per heavy atom. The van der Waals surface area contributed by atoms with Crippen LogP contribution in [0.2, 0.25) is 0 Å². The number of aromatic nitrogens is 3. The van der Waals surface area contributed by atoms with E-state index < -0.39 is 11.8 Å². The highest BCUT2D eigenvalue weighted by Gasteiger charge is 2.32. The van der Waals surface area contributed by atoms with Crippen LogP contribution in [0.15, 0.2) is 42.9 Å². The number of benzene rings is 1. The molecule has 2 amide bonds. The SMILES string of the molecule is O=C(Nc1cccc2[nH]ccc12)C(=O)N1CCCC[C@@H]1c1cn[nH]c1. The number of hydrogen-bond donors (Lipinski definition) is 3. The van der Waals surface area contributed by atoms with E-state index in [4.69, 9.17) is 0 Å². The first kappa shape index (κ1) is 15.4. The summed E-state index contributed by atoms with van der Waals surface area (Å²) in [5.74, 6) is -1.11. The van der Waals surface area contributed by atoms with Crippen LogP contribution in [0.5, 0.6) is 0 Å². The van der Waals surface area contributed by atoms with Gasteiger partial charge in [0.2, 0.25) is 0 Å². The molecule has 0 unspecified atom stereocenters. The lowest BCUT2D eigenvalue weighted by Crippen LogP contribution is -2.44. The number of carbonyl (C=O) groups excluding carboxylic acids is 2. The predicted octanol–water partition coefficient (Wildman–Crippen LogP) is 2.58. The third-order valence-electron chi connectivity index (χ3n) is 4.71. The number of amides is 2. The van der Waals surface area contributed by atoms with Crippen LogP contribution in [-0.2, 0) is 9.59 Å². The first-order valence-electron chi connectivity index (χ1n) is 8.41. The van der Waals surface area contributed by atoms with Crippen LogP contribution in [-0.4, -0.2) is 38.4 Å². The molecule has 1 fully saturated rings. The van der Waals surface area contributed by atoms with Crippen molar-refractivity contribution in [2.45, 2.75) is 25.3 Å². The van der Waals surface area contributed by atoms with E-state index in [2.05, 4.69) is 20.5 Å². The molecule has 3 N–H and O–H groups in total. The van der Waals surface area contributed by atoms with Gasteiger partial charge in [-0.3, -0.25) is 14.7 Å². The number of aromatic amines is 2. The van der Waals surface area contributed by atoms with Crippen LogP contribution in [0.1, 0.15) is 30.9 Å². The van der Waals surface area contributed by atoms with Gasteiger partial charge in [-0.1, -0.05) is 6.07 Å². The van der Waals surface area contributed by atoms with Gasteiger partial charge in [0.1, 0.15) is 0 Å². The van der Waals surface area contributed by atoms with Crippen molar-refractivity contribution in [3.8, 4) is 0 Å². The number of anilines is 1. The monoisotopic (exact) mass is 337 g/mol. The maximum Gasteiger partial charge on any atom is 0.313 e. The number of nitrogens with one attached hydrogen (secondary N) is 3. The normalized spacial score (nSPS) is 17.6. The first-order valence-corrected chi connectivity index (χ1v) is 8.41. The molecule has 0 aliphatic carbocycles. The standard InChI is InChI=1S/C18H19N5O2/c24-17(22-15-5-3-4-14-13(15)7-8-19-14)18(25)23-9-2-1-6-16(23)12-10-20-21-11-12/h3-5,7-8,10-11,16,19H,1-2,6,9H2,(H,20,21)(H,22,24)/t16-/m1/s1. The van der Waals surface area contributed by atoms with Crippen molar-refractivity contribution in [2.24, 2.45) is 0 Å². The van der Waals surface area contributed by atoms with Crippen LogP contribution >= 0.6 is 0 Å². The zero-order valence-electron chi connectivity index (χ0n) is 13.7. The molecule has 1 aliphatic heterocycles.